The zero-order chi connectivity index (χ0) is 22.0. The fraction of sp³-hybridized carbons (Fsp3) is 0.120. The number of ether oxygens (including phenoxy) is 1. The second kappa shape index (κ2) is 8.28. The fourth-order valence-electron chi connectivity index (χ4n) is 3.53. The number of nitrogens with one attached hydrogen (secondary N) is 1. The van der Waals surface area contributed by atoms with E-state index in [9.17, 15) is 14.7 Å². The number of benzene rings is 3. The van der Waals surface area contributed by atoms with Crippen molar-refractivity contribution in [3.05, 3.63) is 101 Å². The molecule has 2 N–H and O–H groups in total. The smallest absolute Gasteiger partial charge is 0.348 e. The number of fused-ring (bicyclic) bond motifs is 1. The maximum Gasteiger partial charge on any atom is 0.348 e. The number of ketones is 1. The van der Waals surface area contributed by atoms with E-state index in [1.54, 1.807) is 55.5 Å². The lowest BCUT2D eigenvalue weighted by Gasteiger charge is -2.27. The van der Waals surface area contributed by atoms with Crippen LogP contribution in [0.2, 0.25) is 5.02 Å². The van der Waals surface area contributed by atoms with Gasteiger partial charge >= 0.3 is 5.97 Å². The second-order valence-electron chi connectivity index (χ2n) is 7.53. The average molecular weight is 434 g/mol. The number of aliphatic carboxylic acids is 1. The number of hydrogen-bond donors (Lipinski definition) is 2. The maximum absolute atomic E-state index is 12.6. The zero-order valence-electron chi connectivity index (χ0n) is 16.8. The van der Waals surface area contributed by atoms with Crippen molar-refractivity contribution in [2.45, 2.75) is 18.9 Å². The first-order valence-corrected chi connectivity index (χ1v) is 10.1. The van der Waals surface area contributed by atoms with Crippen LogP contribution in [0, 0.1) is 0 Å². The number of H-pyrrole nitrogens is 1. The number of aromatic amines is 1. The predicted molar refractivity (Wildman–Crippen MR) is 120 cm³/mol. The molecule has 0 saturated carbocycles. The van der Waals surface area contributed by atoms with Crippen molar-refractivity contribution in [2.24, 2.45) is 0 Å². The van der Waals surface area contributed by atoms with Crippen molar-refractivity contribution in [3.8, 4) is 5.75 Å². The predicted octanol–water partition coefficient (Wildman–Crippen LogP) is 5.52. The lowest BCUT2D eigenvalue weighted by Crippen LogP contribution is -2.43. The molecule has 3 aromatic carbocycles. The van der Waals surface area contributed by atoms with Gasteiger partial charge in [0.25, 0.3) is 0 Å². The molecule has 0 aliphatic heterocycles. The quantitative estimate of drug-likeness (QED) is 0.376. The number of carboxylic acids is 1. The van der Waals surface area contributed by atoms with Crippen LogP contribution in [0.25, 0.3) is 10.9 Å². The fourth-order valence-corrected chi connectivity index (χ4v) is 3.65. The molecule has 0 bridgehead atoms. The minimum atomic E-state index is -1.48. The molecule has 6 heteroatoms. The Kier molecular flexibility index (Phi) is 5.53. The van der Waals surface area contributed by atoms with Gasteiger partial charge in [0.1, 0.15) is 5.75 Å². The number of carboxylic acid groups (broad SMARTS) is 1. The van der Waals surface area contributed by atoms with Gasteiger partial charge in [-0.2, -0.15) is 0 Å². The Labute approximate surface area is 184 Å². The van der Waals surface area contributed by atoms with E-state index >= 15 is 0 Å². The van der Waals surface area contributed by atoms with Crippen LogP contribution in [0.1, 0.15) is 28.4 Å². The summed E-state index contributed by atoms with van der Waals surface area (Å²) in [5.74, 6) is -0.844. The largest absolute Gasteiger partial charge is 0.478 e. The summed E-state index contributed by atoms with van der Waals surface area (Å²) in [6, 6.07) is 20.8. The molecular formula is C25H20ClNO4. The number of carbonyl (C=O) groups excluding carboxylic acids is 1. The number of carbonyl (C=O) groups is 2. The zero-order valence-corrected chi connectivity index (χ0v) is 17.5. The Balaban J connectivity index is 1.55. The molecule has 0 amide bonds. The molecule has 4 rings (SSSR count). The Morgan fingerprint density at radius 1 is 0.968 bits per heavy atom. The van der Waals surface area contributed by atoms with Gasteiger partial charge in [0.2, 0.25) is 5.60 Å². The first kappa shape index (κ1) is 20.7. The van der Waals surface area contributed by atoms with Gasteiger partial charge in [-0.3, -0.25) is 4.79 Å². The van der Waals surface area contributed by atoms with E-state index in [-0.39, 0.29) is 12.2 Å². The normalized spacial score (nSPS) is 13.0. The highest BCUT2D eigenvalue weighted by Crippen LogP contribution is 2.27. The van der Waals surface area contributed by atoms with Gasteiger partial charge in [-0.25, -0.2) is 4.79 Å². The van der Waals surface area contributed by atoms with E-state index in [1.807, 2.05) is 30.5 Å². The number of aromatic nitrogens is 1. The first-order chi connectivity index (χ1) is 14.9. The van der Waals surface area contributed by atoms with Crippen LogP contribution in [0.4, 0.5) is 0 Å². The lowest BCUT2D eigenvalue weighted by atomic mass is 9.94. The van der Waals surface area contributed by atoms with Crippen molar-refractivity contribution in [1.29, 1.82) is 0 Å². The summed E-state index contributed by atoms with van der Waals surface area (Å²) in [5.41, 5.74) is 1.33. The molecule has 1 atom stereocenters. The molecule has 0 saturated heterocycles. The molecule has 0 radical (unpaired) electrons. The van der Waals surface area contributed by atoms with Gasteiger partial charge in [0, 0.05) is 39.7 Å². The molecule has 0 aliphatic rings. The van der Waals surface area contributed by atoms with Crippen molar-refractivity contribution < 1.29 is 19.4 Å². The van der Waals surface area contributed by atoms with E-state index in [4.69, 9.17) is 16.3 Å². The average Bonchev–Trinajstić information content (AvgIpc) is 3.24. The van der Waals surface area contributed by atoms with Crippen LogP contribution in [0.3, 0.4) is 0 Å². The molecule has 0 spiro atoms. The van der Waals surface area contributed by atoms with Gasteiger partial charge in [-0.15, -0.1) is 0 Å². The van der Waals surface area contributed by atoms with Crippen molar-refractivity contribution in [1.82, 2.24) is 4.98 Å². The van der Waals surface area contributed by atoms with Crippen LogP contribution < -0.4 is 4.74 Å². The van der Waals surface area contributed by atoms with Gasteiger partial charge in [0.05, 0.1) is 0 Å². The van der Waals surface area contributed by atoms with E-state index in [0.717, 1.165) is 16.5 Å². The summed E-state index contributed by atoms with van der Waals surface area (Å²) in [6.07, 6.45) is 2.01. The highest BCUT2D eigenvalue weighted by atomic mass is 35.5. The third-order valence-corrected chi connectivity index (χ3v) is 5.48. The Morgan fingerprint density at radius 2 is 1.61 bits per heavy atom. The van der Waals surface area contributed by atoms with Crippen LogP contribution >= 0.6 is 11.6 Å². The third kappa shape index (κ3) is 4.32. The molecule has 0 aliphatic carbocycles. The molecule has 1 aromatic heterocycles. The van der Waals surface area contributed by atoms with Crippen LogP contribution in [-0.2, 0) is 11.2 Å². The Morgan fingerprint density at radius 3 is 2.26 bits per heavy atom. The van der Waals surface area contributed by atoms with E-state index in [1.165, 1.54) is 0 Å². The molecule has 156 valence electrons. The molecule has 5 nitrogen and oxygen atoms in total. The molecule has 1 heterocycles. The van der Waals surface area contributed by atoms with E-state index in [2.05, 4.69) is 4.98 Å². The Bertz CT molecular complexity index is 1240. The van der Waals surface area contributed by atoms with Crippen LogP contribution in [-0.4, -0.2) is 27.4 Å². The van der Waals surface area contributed by atoms with Crippen molar-refractivity contribution in [3.63, 3.8) is 0 Å². The summed E-state index contributed by atoms with van der Waals surface area (Å²) < 4.78 is 5.91. The van der Waals surface area contributed by atoms with Gasteiger partial charge < -0.3 is 14.8 Å². The minimum Gasteiger partial charge on any atom is -0.478 e. The monoisotopic (exact) mass is 433 g/mol. The topological polar surface area (TPSA) is 79.4 Å². The molecule has 1 unspecified atom stereocenters. The first-order valence-electron chi connectivity index (χ1n) is 9.73. The van der Waals surface area contributed by atoms with Crippen molar-refractivity contribution in [2.75, 3.05) is 0 Å². The summed E-state index contributed by atoms with van der Waals surface area (Å²) in [7, 11) is 0. The molecule has 31 heavy (non-hydrogen) atoms. The molecule has 4 aromatic rings. The third-order valence-electron chi connectivity index (χ3n) is 5.23. The van der Waals surface area contributed by atoms with Crippen LogP contribution in [0.5, 0.6) is 5.75 Å². The standard InChI is InChI=1S/C25H20ClNO4/c1-25(24(29)30,15-18-3-2-4-22-21(18)13-14-27-22)31-20-11-7-17(8-12-20)23(28)16-5-9-19(26)10-6-16/h2-14,27H,15H2,1H3,(H,29,30). The summed E-state index contributed by atoms with van der Waals surface area (Å²) in [5, 5.41) is 11.4. The Hall–Kier alpha value is -3.57. The number of rotatable bonds is 7. The minimum absolute atomic E-state index is 0.150. The second-order valence-corrected chi connectivity index (χ2v) is 7.97. The molecule has 0 fully saturated rings. The molecular weight excluding hydrogens is 414 g/mol. The SMILES string of the molecule is CC(Cc1cccc2[nH]ccc12)(Oc1ccc(C(=O)c2ccc(Cl)cc2)cc1)C(=O)O. The number of hydrogen-bond acceptors (Lipinski definition) is 3. The highest BCUT2D eigenvalue weighted by molar-refractivity contribution is 6.30. The van der Waals surface area contributed by atoms with Crippen LogP contribution in [0.15, 0.2) is 79.0 Å². The summed E-state index contributed by atoms with van der Waals surface area (Å²) in [6.45, 7) is 1.55. The maximum atomic E-state index is 12.6. The van der Waals surface area contributed by atoms with E-state index < -0.39 is 11.6 Å². The van der Waals surface area contributed by atoms with Gasteiger partial charge in [-0.05, 0) is 73.2 Å². The number of halogens is 1. The summed E-state index contributed by atoms with van der Waals surface area (Å²) >= 11 is 5.88. The lowest BCUT2D eigenvalue weighted by molar-refractivity contribution is -0.153. The van der Waals surface area contributed by atoms with Gasteiger partial charge in [-0.1, -0.05) is 23.7 Å². The highest BCUT2D eigenvalue weighted by Gasteiger charge is 2.36. The van der Waals surface area contributed by atoms with Crippen molar-refractivity contribution >= 4 is 34.3 Å². The van der Waals surface area contributed by atoms with Gasteiger partial charge in [0.15, 0.2) is 5.78 Å². The summed E-state index contributed by atoms with van der Waals surface area (Å²) in [4.78, 5) is 27.8. The van der Waals surface area contributed by atoms with E-state index in [0.29, 0.717) is 21.9 Å².